The Morgan fingerprint density at radius 3 is 0.818 bits per heavy atom. The normalized spacial score (nSPS) is 17.2. The minimum Gasteiger partial charge on any atom is -0.0776 e. The molecule has 0 amide bonds. The van der Waals surface area contributed by atoms with E-state index in [0.29, 0.717) is 0 Å². The van der Waals surface area contributed by atoms with E-state index in [-0.39, 0.29) is 40.1 Å². The first-order valence-electron chi connectivity index (χ1n) is 9.61. The minimum absolute atomic E-state index is 0. The van der Waals surface area contributed by atoms with E-state index < -0.39 is 0 Å². The first kappa shape index (κ1) is 30.9. The van der Waals surface area contributed by atoms with Crippen molar-refractivity contribution in [3.63, 3.8) is 0 Å². The molecule has 0 bridgehead atoms. The molecule has 0 aromatic carbocycles. The second-order valence-electron chi connectivity index (χ2n) is 6.58. The third kappa shape index (κ3) is 16.0. The van der Waals surface area contributed by atoms with E-state index in [0.717, 1.165) is 23.7 Å². The number of hydrogen-bond acceptors (Lipinski definition) is 0. The molecule has 0 nitrogen and oxygen atoms in total. The molecule has 0 heterocycles. The van der Waals surface area contributed by atoms with Gasteiger partial charge in [-0.15, -0.1) is 0 Å². The molecule has 2 fully saturated rings. The Hall–Kier alpha value is 1.10. The molecule has 0 saturated heterocycles. The molecule has 0 aromatic rings. The van der Waals surface area contributed by atoms with Crippen molar-refractivity contribution in [1.29, 1.82) is 0 Å². The second kappa shape index (κ2) is 22.1. The van der Waals surface area contributed by atoms with E-state index in [2.05, 4.69) is 27.7 Å². The fourth-order valence-electron chi connectivity index (χ4n) is 3.25. The second-order valence-corrected chi connectivity index (χ2v) is 6.58. The maximum absolute atomic E-state index is 2.34. The molecule has 0 aliphatic heterocycles. The third-order valence-corrected chi connectivity index (χ3v) is 4.69. The van der Waals surface area contributed by atoms with E-state index in [9.17, 15) is 0 Å². The molecule has 2 aliphatic carbocycles. The summed E-state index contributed by atoms with van der Waals surface area (Å²) in [6, 6.07) is 0. The number of rotatable bonds is 2. The minimum atomic E-state index is 0. The molecule has 1 heteroatoms. The quantitative estimate of drug-likeness (QED) is 0.445. The standard InChI is InChI=1S/2C8H16.2C2H6.CH4.Y/c2*1-7(2)8-5-3-4-6-8;2*1-2;;/h2*7-8H,3-6H2,1-2H3;2*1-2H3;1H4;. The predicted molar refractivity (Wildman–Crippen MR) is 103 cm³/mol. The van der Waals surface area contributed by atoms with Crippen LogP contribution in [-0.2, 0) is 32.7 Å². The van der Waals surface area contributed by atoms with Gasteiger partial charge in [0.25, 0.3) is 0 Å². The van der Waals surface area contributed by atoms with Crippen LogP contribution in [0.1, 0.15) is 114 Å². The summed E-state index contributed by atoms with van der Waals surface area (Å²) in [4.78, 5) is 0. The van der Waals surface area contributed by atoms with Crippen LogP contribution in [0.2, 0.25) is 0 Å². The summed E-state index contributed by atoms with van der Waals surface area (Å²) in [7, 11) is 0. The molecule has 0 atom stereocenters. The Labute approximate surface area is 169 Å². The summed E-state index contributed by atoms with van der Waals surface area (Å²) in [6.45, 7) is 17.4. The first-order chi connectivity index (χ1) is 9.61. The Morgan fingerprint density at radius 2 is 0.727 bits per heavy atom. The average molecular weight is 390 g/mol. The topological polar surface area (TPSA) is 0 Å². The van der Waals surface area contributed by atoms with Crippen LogP contribution in [0.5, 0.6) is 0 Å². The number of hydrogen-bond donors (Lipinski definition) is 0. The van der Waals surface area contributed by atoms with E-state index in [1.165, 1.54) is 51.4 Å². The van der Waals surface area contributed by atoms with Gasteiger partial charge in [0, 0.05) is 32.7 Å². The van der Waals surface area contributed by atoms with Crippen LogP contribution in [0, 0.1) is 23.7 Å². The van der Waals surface area contributed by atoms with Crippen LogP contribution < -0.4 is 0 Å². The summed E-state index contributed by atoms with van der Waals surface area (Å²) < 4.78 is 0. The monoisotopic (exact) mass is 389 g/mol. The third-order valence-electron chi connectivity index (χ3n) is 4.69. The van der Waals surface area contributed by atoms with Crippen molar-refractivity contribution >= 4 is 0 Å². The zero-order chi connectivity index (χ0) is 16.0. The molecule has 2 rings (SSSR count). The zero-order valence-electron chi connectivity index (χ0n) is 16.5. The SMILES string of the molecule is C.CC.CC.CC(C)C1CCCC1.CC(C)C1CCCC1.[Y]. The van der Waals surface area contributed by atoms with Crippen LogP contribution in [0.3, 0.4) is 0 Å². The summed E-state index contributed by atoms with van der Waals surface area (Å²) in [5, 5.41) is 0. The van der Waals surface area contributed by atoms with Gasteiger partial charge in [0.1, 0.15) is 0 Å². The summed E-state index contributed by atoms with van der Waals surface area (Å²) in [5.41, 5.74) is 0. The molecule has 0 aromatic heterocycles. The van der Waals surface area contributed by atoms with E-state index in [1.54, 1.807) is 0 Å². The van der Waals surface area contributed by atoms with Crippen LogP contribution in [0.4, 0.5) is 0 Å². The first-order valence-corrected chi connectivity index (χ1v) is 9.61. The van der Waals surface area contributed by atoms with E-state index in [1.807, 2.05) is 27.7 Å². The van der Waals surface area contributed by atoms with Gasteiger partial charge in [-0.2, -0.15) is 0 Å². The van der Waals surface area contributed by atoms with Crippen molar-refractivity contribution in [2.75, 3.05) is 0 Å². The molecule has 0 spiro atoms. The molecule has 2 aliphatic rings. The fraction of sp³-hybridized carbons (Fsp3) is 1.00. The average Bonchev–Trinajstić information content (AvgIpc) is 3.17. The summed E-state index contributed by atoms with van der Waals surface area (Å²) >= 11 is 0. The van der Waals surface area contributed by atoms with Gasteiger partial charge in [0.2, 0.25) is 0 Å². The fourth-order valence-corrected chi connectivity index (χ4v) is 3.25. The van der Waals surface area contributed by atoms with Gasteiger partial charge in [-0.1, -0.05) is 114 Å². The van der Waals surface area contributed by atoms with Gasteiger partial charge < -0.3 is 0 Å². The van der Waals surface area contributed by atoms with Gasteiger partial charge in [0.05, 0.1) is 0 Å². The molecular formula is C21H48Y. The Kier molecular flexibility index (Phi) is 31.1. The molecule has 2 saturated carbocycles. The van der Waals surface area contributed by atoms with Crippen molar-refractivity contribution < 1.29 is 32.7 Å². The predicted octanol–water partition coefficient (Wildman–Crippen LogP) is 8.35. The smallest absolute Gasteiger partial charge is 0 e. The van der Waals surface area contributed by atoms with Crippen LogP contribution in [0.25, 0.3) is 0 Å². The molecule has 135 valence electrons. The van der Waals surface area contributed by atoms with Gasteiger partial charge in [0.15, 0.2) is 0 Å². The van der Waals surface area contributed by atoms with Crippen molar-refractivity contribution in [3.05, 3.63) is 0 Å². The van der Waals surface area contributed by atoms with Crippen molar-refractivity contribution in [2.45, 2.75) is 114 Å². The van der Waals surface area contributed by atoms with Crippen LogP contribution in [0.15, 0.2) is 0 Å². The molecule has 0 unspecified atom stereocenters. The van der Waals surface area contributed by atoms with Gasteiger partial charge in [-0.25, -0.2) is 0 Å². The van der Waals surface area contributed by atoms with Crippen molar-refractivity contribution in [3.8, 4) is 0 Å². The Morgan fingerprint density at radius 1 is 0.545 bits per heavy atom. The van der Waals surface area contributed by atoms with Crippen LogP contribution >= 0.6 is 0 Å². The van der Waals surface area contributed by atoms with Crippen molar-refractivity contribution in [1.82, 2.24) is 0 Å². The molecule has 1 radical (unpaired) electrons. The summed E-state index contributed by atoms with van der Waals surface area (Å²) in [5.74, 6) is 4.01. The maximum atomic E-state index is 2.34. The van der Waals surface area contributed by atoms with Gasteiger partial charge >= 0.3 is 0 Å². The Bertz CT molecular complexity index is 143. The molecule has 22 heavy (non-hydrogen) atoms. The van der Waals surface area contributed by atoms with Crippen molar-refractivity contribution in [2.24, 2.45) is 23.7 Å². The van der Waals surface area contributed by atoms with Gasteiger partial charge in [-0.3, -0.25) is 0 Å². The Balaban J connectivity index is -0.000000112. The molecular weight excluding hydrogens is 341 g/mol. The zero-order valence-corrected chi connectivity index (χ0v) is 19.4. The maximum Gasteiger partial charge on any atom is 0 e. The van der Waals surface area contributed by atoms with Crippen LogP contribution in [-0.4, -0.2) is 0 Å². The van der Waals surface area contributed by atoms with Gasteiger partial charge in [-0.05, 0) is 23.7 Å². The van der Waals surface area contributed by atoms with E-state index in [4.69, 9.17) is 0 Å². The summed E-state index contributed by atoms with van der Waals surface area (Å²) in [6.07, 6.45) is 11.9. The molecule has 0 N–H and O–H groups in total. The largest absolute Gasteiger partial charge is 0.0776 e. The van der Waals surface area contributed by atoms with E-state index >= 15 is 0 Å².